The number of piperidine rings is 1. The second-order valence-corrected chi connectivity index (χ2v) is 7.73. The summed E-state index contributed by atoms with van der Waals surface area (Å²) in [4.78, 5) is 24.3. The largest absolute Gasteiger partial charge is 0.492 e. The van der Waals surface area contributed by atoms with Gasteiger partial charge in [-0.1, -0.05) is 30.3 Å². The molecule has 0 unspecified atom stereocenters. The maximum atomic E-state index is 13.1. The molecule has 3 heterocycles. The van der Waals surface area contributed by atoms with Crippen molar-refractivity contribution in [2.45, 2.75) is 18.9 Å². The molecule has 0 aliphatic carbocycles. The van der Waals surface area contributed by atoms with Crippen LogP contribution in [0.3, 0.4) is 0 Å². The number of hydrogen-bond donors (Lipinski definition) is 1. The van der Waals surface area contributed by atoms with E-state index in [-0.39, 0.29) is 17.9 Å². The molecule has 1 saturated heterocycles. The van der Waals surface area contributed by atoms with Gasteiger partial charge in [-0.3, -0.25) is 19.7 Å². The van der Waals surface area contributed by atoms with Gasteiger partial charge in [0.05, 0.1) is 11.4 Å². The van der Waals surface area contributed by atoms with Gasteiger partial charge in [-0.15, -0.1) is 0 Å². The van der Waals surface area contributed by atoms with Crippen LogP contribution in [0.15, 0.2) is 79.1 Å². The molecule has 0 bridgehead atoms. The Morgan fingerprint density at radius 3 is 2.13 bits per heavy atom. The highest BCUT2D eigenvalue weighted by atomic mass is 16.5. The van der Waals surface area contributed by atoms with Gasteiger partial charge in [-0.2, -0.15) is 0 Å². The lowest BCUT2D eigenvalue weighted by Gasteiger charge is -2.32. The average molecular weight is 417 g/mol. The molecular formula is C25H28N4O2. The number of pyridine rings is 2. The van der Waals surface area contributed by atoms with Crippen LogP contribution in [0.4, 0.5) is 0 Å². The number of nitrogens with zero attached hydrogens (tertiary/aromatic N) is 3. The Hall–Kier alpha value is -3.25. The van der Waals surface area contributed by atoms with E-state index in [1.54, 1.807) is 12.4 Å². The maximum absolute atomic E-state index is 13.1. The van der Waals surface area contributed by atoms with Gasteiger partial charge in [-0.05, 0) is 62.3 Å². The molecule has 0 radical (unpaired) electrons. The number of likely N-dealkylation sites (tertiary alicyclic amines) is 1. The van der Waals surface area contributed by atoms with E-state index >= 15 is 0 Å². The number of rotatable bonds is 8. The van der Waals surface area contributed by atoms with E-state index < -0.39 is 0 Å². The number of carbonyl (C=O) groups is 1. The van der Waals surface area contributed by atoms with E-state index in [1.807, 2.05) is 66.7 Å². The minimum absolute atomic E-state index is 0.00113. The third kappa shape index (κ3) is 5.89. The summed E-state index contributed by atoms with van der Waals surface area (Å²) in [5.74, 6) is 0.967. The predicted octanol–water partition coefficient (Wildman–Crippen LogP) is 3.47. The van der Waals surface area contributed by atoms with Gasteiger partial charge in [0.15, 0.2) is 0 Å². The third-order valence-corrected chi connectivity index (χ3v) is 5.63. The summed E-state index contributed by atoms with van der Waals surface area (Å²) in [5, 5.41) is 3.19. The zero-order chi connectivity index (χ0) is 21.3. The molecule has 1 aliphatic rings. The number of hydrogen-bond acceptors (Lipinski definition) is 5. The molecule has 2 aromatic heterocycles. The molecule has 0 spiro atoms. The number of carbonyl (C=O) groups excluding carboxylic acids is 1. The highest BCUT2D eigenvalue weighted by Gasteiger charge is 2.28. The number of aromatic nitrogens is 2. The standard InChI is InChI=1S/C25H28N4O2/c30-25(28-24(22-10-4-6-14-26-22)23-11-5-7-15-27-23)20-12-16-29(17-13-20)18-19-31-21-8-2-1-3-9-21/h1-11,14-15,20,24H,12-13,16-19H2,(H,28,30). The zero-order valence-electron chi connectivity index (χ0n) is 17.6. The van der Waals surface area contributed by atoms with Crippen LogP contribution in [0.5, 0.6) is 5.75 Å². The molecule has 1 aliphatic heterocycles. The lowest BCUT2D eigenvalue weighted by atomic mass is 9.95. The van der Waals surface area contributed by atoms with E-state index in [2.05, 4.69) is 20.2 Å². The molecule has 6 heteroatoms. The van der Waals surface area contributed by atoms with Crippen LogP contribution in [0.25, 0.3) is 0 Å². The van der Waals surface area contributed by atoms with Crippen molar-refractivity contribution in [1.29, 1.82) is 0 Å². The summed E-state index contributed by atoms with van der Waals surface area (Å²) in [6.07, 6.45) is 5.17. The van der Waals surface area contributed by atoms with Gasteiger partial charge in [0.2, 0.25) is 5.91 Å². The van der Waals surface area contributed by atoms with Gasteiger partial charge >= 0.3 is 0 Å². The molecule has 31 heavy (non-hydrogen) atoms. The number of nitrogens with one attached hydrogen (secondary N) is 1. The minimum atomic E-state index is -0.341. The Kier molecular flexibility index (Phi) is 7.24. The van der Waals surface area contributed by atoms with Crippen LogP contribution >= 0.6 is 0 Å². The van der Waals surface area contributed by atoms with Crippen molar-refractivity contribution >= 4 is 5.91 Å². The summed E-state index contributed by atoms with van der Waals surface area (Å²) in [6, 6.07) is 21.0. The Morgan fingerprint density at radius 1 is 0.935 bits per heavy atom. The van der Waals surface area contributed by atoms with Crippen molar-refractivity contribution in [2.75, 3.05) is 26.2 Å². The molecule has 4 rings (SSSR count). The van der Waals surface area contributed by atoms with Crippen LogP contribution in [0.1, 0.15) is 30.3 Å². The molecule has 1 aromatic carbocycles. The van der Waals surface area contributed by atoms with Crippen LogP contribution in [0, 0.1) is 5.92 Å². The fourth-order valence-electron chi connectivity index (χ4n) is 3.88. The normalized spacial score (nSPS) is 15.0. The van der Waals surface area contributed by atoms with Crippen molar-refractivity contribution < 1.29 is 9.53 Å². The first-order chi connectivity index (χ1) is 15.3. The summed E-state index contributed by atoms with van der Waals surface area (Å²) in [5.41, 5.74) is 1.59. The van der Waals surface area contributed by atoms with Crippen molar-refractivity contribution in [1.82, 2.24) is 20.2 Å². The van der Waals surface area contributed by atoms with E-state index in [0.717, 1.165) is 49.6 Å². The summed E-state index contributed by atoms with van der Waals surface area (Å²) in [7, 11) is 0. The van der Waals surface area contributed by atoms with E-state index in [1.165, 1.54) is 0 Å². The summed E-state index contributed by atoms with van der Waals surface area (Å²) < 4.78 is 5.80. The van der Waals surface area contributed by atoms with E-state index in [4.69, 9.17) is 4.74 Å². The lowest BCUT2D eigenvalue weighted by Crippen LogP contribution is -2.43. The van der Waals surface area contributed by atoms with Crippen molar-refractivity contribution in [3.63, 3.8) is 0 Å². The van der Waals surface area contributed by atoms with E-state index in [9.17, 15) is 4.79 Å². The van der Waals surface area contributed by atoms with Gasteiger partial charge in [-0.25, -0.2) is 0 Å². The predicted molar refractivity (Wildman–Crippen MR) is 120 cm³/mol. The smallest absolute Gasteiger partial charge is 0.224 e. The Labute approximate surface area is 183 Å². The average Bonchev–Trinajstić information content (AvgIpc) is 2.84. The molecule has 160 valence electrons. The van der Waals surface area contributed by atoms with Gasteiger partial charge in [0.25, 0.3) is 0 Å². The topological polar surface area (TPSA) is 67.4 Å². The van der Waals surface area contributed by atoms with Gasteiger partial charge in [0.1, 0.15) is 18.4 Å². The molecule has 1 amide bonds. The van der Waals surface area contributed by atoms with Crippen molar-refractivity contribution in [2.24, 2.45) is 5.92 Å². The summed E-state index contributed by atoms with van der Waals surface area (Å²) >= 11 is 0. The molecule has 0 saturated carbocycles. The van der Waals surface area contributed by atoms with Crippen LogP contribution in [0.2, 0.25) is 0 Å². The fourth-order valence-corrected chi connectivity index (χ4v) is 3.88. The zero-order valence-corrected chi connectivity index (χ0v) is 17.6. The third-order valence-electron chi connectivity index (χ3n) is 5.63. The highest BCUT2D eigenvalue weighted by molar-refractivity contribution is 5.79. The second kappa shape index (κ2) is 10.7. The Balaban J connectivity index is 1.29. The number of para-hydroxylation sites is 1. The molecule has 1 fully saturated rings. The van der Waals surface area contributed by atoms with Gasteiger partial charge in [0, 0.05) is 24.9 Å². The Morgan fingerprint density at radius 2 is 1.55 bits per heavy atom. The first kappa shape index (κ1) is 21.0. The van der Waals surface area contributed by atoms with Gasteiger partial charge < -0.3 is 10.1 Å². The first-order valence-electron chi connectivity index (χ1n) is 10.8. The van der Waals surface area contributed by atoms with Crippen LogP contribution < -0.4 is 10.1 Å². The molecule has 3 aromatic rings. The highest BCUT2D eigenvalue weighted by Crippen LogP contribution is 2.22. The first-order valence-corrected chi connectivity index (χ1v) is 10.8. The Bertz CT molecular complexity index is 890. The fraction of sp³-hybridized carbons (Fsp3) is 0.320. The summed E-state index contributed by atoms with van der Waals surface area (Å²) in [6.45, 7) is 3.32. The maximum Gasteiger partial charge on any atom is 0.224 e. The van der Waals surface area contributed by atoms with Crippen LogP contribution in [-0.2, 0) is 4.79 Å². The van der Waals surface area contributed by atoms with Crippen molar-refractivity contribution in [3.8, 4) is 5.75 Å². The lowest BCUT2D eigenvalue weighted by molar-refractivity contribution is -0.127. The van der Waals surface area contributed by atoms with Crippen LogP contribution in [-0.4, -0.2) is 47.0 Å². The quantitative estimate of drug-likeness (QED) is 0.609. The molecule has 6 nitrogen and oxygen atoms in total. The molecule has 0 atom stereocenters. The molecular weight excluding hydrogens is 388 g/mol. The second-order valence-electron chi connectivity index (χ2n) is 7.73. The number of amides is 1. The SMILES string of the molecule is O=C(NC(c1ccccn1)c1ccccn1)C1CCN(CCOc2ccccc2)CC1. The van der Waals surface area contributed by atoms with E-state index in [0.29, 0.717) is 6.61 Å². The molecule has 1 N–H and O–H groups in total. The number of benzene rings is 1. The number of ether oxygens (including phenoxy) is 1. The monoisotopic (exact) mass is 416 g/mol. The minimum Gasteiger partial charge on any atom is -0.492 e. The van der Waals surface area contributed by atoms with Crippen molar-refractivity contribution in [3.05, 3.63) is 90.5 Å².